The first-order valence-corrected chi connectivity index (χ1v) is 9.97. The number of halogens is 3. The molecule has 1 aliphatic heterocycles. The number of nitrogens with one attached hydrogen (secondary N) is 1. The van der Waals surface area contributed by atoms with Crippen LogP contribution in [-0.2, 0) is 4.79 Å². The second kappa shape index (κ2) is 8.22. The molecular weight excluding hydrogens is 409 g/mol. The Morgan fingerprint density at radius 3 is 2.55 bits per heavy atom. The summed E-state index contributed by atoms with van der Waals surface area (Å²) in [6, 6.07) is 12.8. The number of imidazole rings is 1. The van der Waals surface area contributed by atoms with Crippen LogP contribution in [0.15, 0.2) is 48.5 Å². The van der Waals surface area contributed by atoms with Gasteiger partial charge in [-0.25, -0.2) is 4.98 Å². The monoisotopic (exact) mass is 432 g/mol. The summed E-state index contributed by atoms with van der Waals surface area (Å²) in [5, 5.41) is 0. The van der Waals surface area contributed by atoms with Crippen molar-refractivity contribution in [3.8, 4) is 5.75 Å². The fraction of sp³-hybridized carbons (Fsp3) is 0.364. The maximum Gasteiger partial charge on any atom is 0.471 e. The number of anilines is 1. The number of hydrogen-bond acceptors (Lipinski definition) is 4. The highest BCUT2D eigenvalue weighted by Crippen LogP contribution is 2.36. The lowest BCUT2D eigenvalue weighted by Crippen LogP contribution is -2.52. The van der Waals surface area contributed by atoms with Crippen LogP contribution in [0.2, 0.25) is 0 Å². The third-order valence-electron chi connectivity index (χ3n) is 5.74. The summed E-state index contributed by atoms with van der Waals surface area (Å²) in [6.45, 7) is 0.532. The number of alkyl halides is 3. The summed E-state index contributed by atoms with van der Waals surface area (Å²) in [5.74, 6) is -0.676. The van der Waals surface area contributed by atoms with Crippen LogP contribution in [0.1, 0.15) is 24.7 Å². The van der Waals surface area contributed by atoms with E-state index in [0.717, 1.165) is 15.9 Å². The number of nitrogens with zero attached hydrogens (tertiary/aromatic N) is 3. The Kier molecular flexibility index (Phi) is 5.62. The molecule has 4 rings (SSSR count). The average molecular weight is 432 g/mol. The van der Waals surface area contributed by atoms with Gasteiger partial charge in [-0.05, 0) is 56.3 Å². The third kappa shape index (κ3) is 4.23. The lowest BCUT2D eigenvalue weighted by molar-refractivity contribution is -0.171. The molecule has 0 spiro atoms. The van der Waals surface area contributed by atoms with E-state index in [9.17, 15) is 18.0 Å². The van der Waals surface area contributed by atoms with Crippen LogP contribution in [0.5, 0.6) is 5.75 Å². The van der Waals surface area contributed by atoms with Gasteiger partial charge in [0.1, 0.15) is 11.6 Å². The van der Waals surface area contributed by atoms with Crippen LogP contribution in [-0.4, -0.2) is 53.7 Å². The van der Waals surface area contributed by atoms with Crippen molar-refractivity contribution < 1.29 is 22.7 Å². The highest BCUT2D eigenvalue weighted by Gasteiger charge is 2.46. The second-order valence-corrected chi connectivity index (χ2v) is 7.68. The van der Waals surface area contributed by atoms with Gasteiger partial charge in [0.2, 0.25) is 0 Å². The SMILES string of the molecule is COc1ccc(N(C(=O)C(F)(F)F)[C@@H]2CCN(C)[C@@H](c3nc4ccccc4[nH]3)C2)cc1. The van der Waals surface area contributed by atoms with E-state index in [1.165, 1.54) is 19.2 Å². The number of methoxy groups -OCH3 is 1. The normalized spacial score (nSPS) is 20.0. The Balaban J connectivity index is 1.67. The number of amides is 1. The number of carbonyl (C=O) groups is 1. The van der Waals surface area contributed by atoms with Crippen LogP contribution < -0.4 is 9.64 Å². The van der Waals surface area contributed by atoms with E-state index >= 15 is 0 Å². The van der Waals surface area contributed by atoms with Gasteiger partial charge >= 0.3 is 12.1 Å². The lowest BCUT2D eigenvalue weighted by Gasteiger charge is -2.41. The summed E-state index contributed by atoms with van der Waals surface area (Å²) in [7, 11) is 3.39. The minimum atomic E-state index is -4.97. The number of para-hydroxylation sites is 2. The molecule has 1 fully saturated rings. The van der Waals surface area contributed by atoms with Gasteiger partial charge in [-0.2, -0.15) is 13.2 Å². The van der Waals surface area contributed by atoms with Crippen molar-refractivity contribution >= 4 is 22.6 Å². The first kappa shape index (κ1) is 21.2. The van der Waals surface area contributed by atoms with Crippen LogP contribution in [0.3, 0.4) is 0 Å². The largest absolute Gasteiger partial charge is 0.497 e. The van der Waals surface area contributed by atoms with E-state index < -0.39 is 18.1 Å². The molecule has 3 aromatic rings. The van der Waals surface area contributed by atoms with E-state index in [4.69, 9.17) is 4.74 Å². The first-order valence-electron chi connectivity index (χ1n) is 9.97. The Labute approximate surface area is 177 Å². The zero-order chi connectivity index (χ0) is 22.2. The molecule has 1 saturated heterocycles. The van der Waals surface area contributed by atoms with Crippen molar-refractivity contribution in [3.63, 3.8) is 0 Å². The molecule has 0 unspecified atom stereocenters. The molecule has 31 heavy (non-hydrogen) atoms. The maximum absolute atomic E-state index is 13.5. The molecular formula is C22H23F3N4O2. The number of hydrogen-bond donors (Lipinski definition) is 1. The minimum Gasteiger partial charge on any atom is -0.497 e. The van der Waals surface area contributed by atoms with Gasteiger partial charge in [0.15, 0.2) is 0 Å². The summed E-state index contributed by atoms with van der Waals surface area (Å²) < 4.78 is 45.5. The molecule has 2 heterocycles. The molecule has 1 N–H and O–H groups in total. The summed E-state index contributed by atoms with van der Waals surface area (Å²) >= 11 is 0. The fourth-order valence-electron chi connectivity index (χ4n) is 4.12. The summed E-state index contributed by atoms with van der Waals surface area (Å²) in [4.78, 5) is 23.3. The molecule has 164 valence electrons. The van der Waals surface area contributed by atoms with Gasteiger partial charge in [-0.3, -0.25) is 9.69 Å². The molecule has 1 aliphatic rings. The number of rotatable bonds is 4. The van der Waals surface area contributed by atoms with Crippen molar-refractivity contribution in [2.24, 2.45) is 0 Å². The van der Waals surface area contributed by atoms with Crippen molar-refractivity contribution in [2.45, 2.75) is 31.1 Å². The number of benzene rings is 2. The van der Waals surface area contributed by atoms with E-state index in [1.54, 1.807) is 12.1 Å². The molecule has 0 bridgehead atoms. The van der Waals surface area contributed by atoms with Crippen molar-refractivity contribution in [1.82, 2.24) is 14.9 Å². The molecule has 1 amide bonds. The first-order chi connectivity index (χ1) is 14.8. The Hall–Kier alpha value is -3.07. The number of carbonyl (C=O) groups excluding carboxylic acids is 1. The fourth-order valence-corrected chi connectivity index (χ4v) is 4.12. The van der Waals surface area contributed by atoms with E-state index in [-0.39, 0.29) is 11.7 Å². The van der Waals surface area contributed by atoms with Gasteiger partial charge in [-0.1, -0.05) is 12.1 Å². The van der Waals surface area contributed by atoms with E-state index in [2.05, 4.69) is 14.9 Å². The zero-order valence-electron chi connectivity index (χ0n) is 17.2. The molecule has 0 saturated carbocycles. The van der Waals surface area contributed by atoms with E-state index in [0.29, 0.717) is 31.0 Å². The number of aromatic amines is 1. The Bertz CT molecular complexity index is 1030. The number of aromatic nitrogens is 2. The van der Waals surface area contributed by atoms with Gasteiger partial charge in [0.05, 0.1) is 24.2 Å². The molecule has 9 heteroatoms. The standard InChI is InChI=1S/C22H23F3N4O2/c1-28-12-11-15(13-19(28)20-26-17-5-3-4-6-18(17)27-20)29(21(30)22(23,24)25)14-7-9-16(31-2)10-8-14/h3-10,15,19H,11-13H2,1-2H3,(H,26,27)/t15-,19-/m1/s1. The van der Waals surface area contributed by atoms with Gasteiger partial charge in [0, 0.05) is 18.3 Å². The van der Waals surface area contributed by atoms with E-state index in [1.807, 2.05) is 31.3 Å². The Morgan fingerprint density at radius 1 is 1.19 bits per heavy atom. The highest BCUT2D eigenvalue weighted by atomic mass is 19.4. The van der Waals surface area contributed by atoms with Gasteiger partial charge in [-0.15, -0.1) is 0 Å². The Morgan fingerprint density at radius 2 is 1.90 bits per heavy atom. The number of piperidine rings is 1. The maximum atomic E-state index is 13.5. The number of likely N-dealkylation sites (tertiary alicyclic amines) is 1. The molecule has 1 aromatic heterocycles. The lowest BCUT2D eigenvalue weighted by atomic mass is 9.95. The predicted molar refractivity (Wildman–Crippen MR) is 111 cm³/mol. The van der Waals surface area contributed by atoms with Gasteiger partial charge in [0.25, 0.3) is 0 Å². The topological polar surface area (TPSA) is 61.5 Å². The van der Waals surface area contributed by atoms with Crippen LogP contribution >= 0.6 is 0 Å². The third-order valence-corrected chi connectivity index (χ3v) is 5.74. The zero-order valence-corrected chi connectivity index (χ0v) is 17.2. The summed E-state index contributed by atoms with van der Waals surface area (Å²) in [6.07, 6.45) is -4.23. The van der Waals surface area contributed by atoms with Crippen molar-refractivity contribution in [2.75, 3.05) is 25.6 Å². The molecule has 0 aliphatic carbocycles. The molecule has 2 aromatic carbocycles. The van der Waals surface area contributed by atoms with Crippen molar-refractivity contribution in [3.05, 3.63) is 54.4 Å². The van der Waals surface area contributed by atoms with Crippen LogP contribution in [0, 0.1) is 0 Å². The highest BCUT2D eigenvalue weighted by molar-refractivity contribution is 5.98. The average Bonchev–Trinajstić information content (AvgIpc) is 3.19. The van der Waals surface area contributed by atoms with Crippen LogP contribution in [0.25, 0.3) is 11.0 Å². The number of ether oxygens (including phenoxy) is 1. The predicted octanol–water partition coefficient (Wildman–Crippen LogP) is 4.30. The molecule has 0 radical (unpaired) electrons. The summed E-state index contributed by atoms with van der Waals surface area (Å²) in [5.41, 5.74) is 1.86. The number of H-pyrrole nitrogens is 1. The van der Waals surface area contributed by atoms with Gasteiger partial charge < -0.3 is 14.6 Å². The smallest absolute Gasteiger partial charge is 0.471 e. The molecule has 2 atom stereocenters. The quantitative estimate of drug-likeness (QED) is 0.668. The second-order valence-electron chi connectivity index (χ2n) is 7.68. The van der Waals surface area contributed by atoms with Crippen molar-refractivity contribution in [1.29, 1.82) is 0 Å². The minimum absolute atomic E-state index is 0.195. The number of fused-ring (bicyclic) bond motifs is 1. The molecule has 6 nitrogen and oxygen atoms in total. The van der Waals surface area contributed by atoms with Crippen LogP contribution in [0.4, 0.5) is 18.9 Å².